The monoisotopic (exact) mass is 355 g/mol. The smallest absolute Gasteiger partial charge is 0.244 e. The van der Waals surface area contributed by atoms with E-state index in [4.69, 9.17) is 0 Å². The lowest BCUT2D eigenvalue weighted by Gasteiger charge is -2.15. The number of sulfonamides is 1. The molecule has 2 aromatic rings. The van der Waals surface area contributed by atoms with Gasteiger partial charge in [-0.2, -0.15) is 4.31 Å². The van der Waals surface area contributed by atoms with Gasteiger partial charge in [-0.1, -0.05) is 0 Å². The van der Waals surface area contributed by atoms with Gasteiger partial charge in [-0.05, 0) is 31.9 Å². The van der Waals surface area contributed by atoms with Gasteiger partial charge in [-0.3, -0.25) is 0 Å². The fourth-order valence-electron chi connectivity index (χ4n) is 2.30. The molecule has 0 bridgehead atoms. The van der Waals surface area contributed by atoms with Crippen LogP contribution in [-0.2, 0) is 15.8 Å². The van der Waals surface area contributed by atoms with Gasteiger partial charge >= 0.3 is 0 Å². The molecule has 5 nitrogen and oxygen atoms in total. The van der Waals surface area contributed by atoms with Gasteiger partial charge in [0.05, 0.1) is 15.7 Å². The minimum Gasteiger partial charge on any atom is -0.249 e. The first-order chi connectivity index (χ1) is 10.6. The maximum absolute atomic E-state index is 12.4. The number of aryl methyl sites for hydroxylation is 1. The summed E-state index contributed by atoms with van der Waals surface area (Å²) in [5.74, 6) is 0.746. The Morgan fingerprint density at radius 3 is 2.68 bits per heavy atom. The molecular weight excluding hydrogens is 338 g/mol. The van der Waals surface area contributed by atoms with Crippen LogP contribution in [-0.4, -0.2) is 35.8 Å². The minimum atomic E-state index is -3.37. The van der Waals surface area contributed by atoms with Crippen molar-refractivity contribution in [3.8, 4) is 0 Å². The van der Waals surface area contributed by atoms with Crippen LogP contribution >= 0.6 is 23.1 Å². The van der Waals surface area contributed by atoms with Crippen LogP contribution in [0.4, 0.5) is 0 Å². The van der Waals surface area contributed by atoms with E-state index in [0.29, 0.717) is 13.1 Å². The number of thioether (sulfide) groups is 1. The molecular formula is C14H17N3O2S3. The highest BCUT2D eigenvalue weighted by Gasteiger charge is 2.27. The number of pyridine rings is 1. The first-order valence-electron chi connectivity index (χ1n) is 7.06. The minimum absolute atomic E-state index is 0.281. The van der Waals surface area contributed by atoms with E-state index in [2.05, 4.69) is 9.97 Å². The van der Waals surface area contributed by atoms with Gasteiger partial charge in [0.1, 0.15) is 4.90 Å². The SMILES string of the molecule is Cc1nc(CSc2ccc(S(=O)(=O)N3CCCC3)cn2)cs1. The van der Waals surface area contributed by atoms with Crippen LogP contribution in [0.25, 0.3) is 0 Å². The summed E-state index contributed by atoms with van der Waals surface area (Å²) in [5.41, 5.74) is 1.03. The van der Waals surface area contributed by atoms with E-state index < -0.39 is 10.0 Å². The quantitative estimate of drug-likeness (QED) is 0.772. The molecule has 0 saturated carbocycles. The van der Waals surface area contributed by atoms with Crippen LogP contribution in [0.2, 0.25) is 0 Å². The molecule has 0 atom stereocenters. The molecule has 0 amide bonds. The summed E-state index contributed by atoms with van der Waals surface area (Å²) in [7, 11) is -3.37. The Bertz CT molecular complexity index is 735. The molecule has 0 aliphatic carbocycles. The summed E-state index contributed by atoms with van der Waals surface area (Å²) < 4.78 is 26.3. The van der Waals surface area contributed by atoms with Crippen molar-refractivity contribution in [2.75, 3.05) is 13.1 Å². The number of thiazole rings is 1. The average Bonchev–Trinajstić information content (AvgIpc) is 3.17. The molecule has 2 aromatic heterocycles. The van der Waals surface area contributed by atoms with Gasteiger partial charge < -0.3 is 0 Å². The third-order valence-electron chi connectivity index (χ3n) is 3.45. The molecule has 8 heteroatoms. The van der Waals surface area contributed by atoms with Gasteiger partial charge in [-0.15, -0.1) is 23.1 Å². The zero-order valence-electron chi connectivity index (χ0n) is 12.2. The number of rotatable bonds is 5. The normalized spacial score (nSPS) is 16.2. The summed E-state index contributed by atoms with van der Waals surface area (Å²) in [6.07, 6.45) is 3.34. The molecule has 1 aliphatic rings. The average molecular weight is 356 g/mol. The van der Waals surface area contributed by atoms with E-state index in [1.807, 2.05) is 12.3 Å². The Kier molecular flexibility index (Phi) is 4.82. The zero-order chi connectivity index (χ0) is 15.6. The number of hydrogen-bond acceptors (Lipinski definition) is 6. The summed E-state index contributed by atoms with van der Waals surface area (Å²) in [4.78, 5) is 8.95. The van der Waals surface area contributed by atoms with Crippen molar-refractivity contribution in [1.82, 2.24) is 14.3 Å². The van der Waals surface area contributed by atoms with Crippen molar-refractivity contribution < 1.29 is 8.42 Å². The van der Waals surface area contributed by atoms with E-state index in [-0.39, 0.29) is 4.90 Å². The van der Waals surface area contributed by atoms with E-state index in [1.165, 1.54) is 10.5 Å². The van der Waals surface area contributed by atoms with Crippen molar-refractivity contribution in [2.24, 2.45) is 0 Å². The van der Waals surface area contributed by atoms with Crippen molar-refractivity contribution in [3.63, 3.8) is 0 Å². The maximum atomic E-state index is 12.4. The van der Waals surface area contributed by atoms with Crippen molar-refractivity contribution >= 4 is 33.1 Å². The van der Waals surface area contributed by atoms with Gasteiger partial charge in [0.2, 0.25) is 10.0 Å². The van der Waals surface area contributed by atoms with E-state index in [0.717, 1.165) is 34.3 Å². The Hall–Kier alpha value is -0.960. The third kappa shape index (κ3) is 3.51. The van der Waals surface area contributed by atoms with Crippen LogP contribution in [0.15, 0.2) is 33.6 Å². The maximum Gasteiger partial charge on any atom is 0.244 e. The second-order valence-corrected chi connectivity index (χ2v) is 9.09. The third-order valence-corrected chi connectivity index (χ3v) is 7.13. The predicted octanol–water partition coefficient (Wildman–Crippen LogP) is 2.92. The molecule has 1 saturated heterocycles. The highest BCUT2D eigenvalue weighted by atomic mass is 32.2. The zero-order valence-corrected chi connectivity index (χ0v) is 14.7. The van der Waals surface area contributed by atoms with Crippen molar-refractivity contribution in [3.05, 3.63) is 34.4 Å². The molecule has 1 fully saturated rings. The first kappa shape index (κ1) is 15.9. The van der Waals surface area contributed by atoms with Gasteiger partial charge in [0, 0.05) is 30.4 Å². The topological polar surface area (TPSA) is 63.2 Å². The Morgan fingerprint density at radius 2 is 2.09 bits per heavy atom. The molecule has 0 radical (unpaired) electrons. The Balaban J connectivity index is 1.67. The first-order valence-corrected chi connectivity index (χ1v) is 10.4. The lowest BCUT2D eigenvalue weighted by atomic mass is 10.4. The van der Waals surface area contributed by atoms with Crippen molar-refractivity contribution in [2.45, 2.75) is 35.4 Å². The van der Waals surface area contributed by atoms with Crippen LogP contribution in [0.5, 0.6) is 0 Å². The van der Waals surface area contributed by atoms with Gasteiger partial charge in [0.15, 0.2) is 0 Å². The second kappa shape index (κ2) is 6.66. The fraction of sp³-hybridized carbons (Fsp3) is 0.429. The highest BCUT2D eigenvalue weighted by Crippen LogP contribution is 2.24. The molecule has 118 valence electrons. The summed E-state index contributed by atoms with van der Waals surface area (Å²) in [6, 6.07) is 3.42. The molecule has 3 rings (SSSR count). The second-order valence-electron chi connectivity index (χ2n) is 5.09. The molecule has 3 heterocycles. The van der Waals surface area contributed by atoms with Gasteiger partial charge in [-0.25, -0.2) is 18.4 Å². The van der Waals surface area contributed by atoms with Crippen LogP contribution < -0.4 is 0 Å². The molecule has 0 N–H and O–H groups in total. The number of hydrogen-bond donors (Lipinski definition) is 0. The lowest BCUT2D eigenvalue weighted by molar-refractivity contribution is 0.477. The van der Waals surface area contributed by atoms with Crippen molar-refractivity contribution in [1.29, 1.82) is 0 Å². The standard InChI is InChI=1S/C14H17N3O2S3/c1-11-16-12(9-20-11)10-21-14-5-4-13(8-15-14)22(18,19)17-6-2-3-7-17/h4-5,8-9H,2-3,6-7,10H2,1H3. The van der Waals surface area contributed by atoms with Crippen LogP contribution in [0.1, 0.15) is 23.5 Å². The van der Waals surface area contributed by atoms with E-state index in [1.54, 1.807) is 35.2 Å². The highest BCUT2D eigenvalue weighted by molar-refractivity contribution is 7.98. The largest absolute Gasteiger partial charge is 0.249 e. The molecule has 0 unspecified atom stereocenters. The van der Waals surface area contributed by atoms with Crippen LogP contribution in [0, 0.1) is 6.92 Å². The van der Waals surface area contributed by atoms with E-state index >= 15 is 0 Å². The molecule has 22 heavy (non-hydrogen) atoms. The summed E-state index contributed by atoms with van der Waals surface area (Å²) >= 11 is 3.19. The molecule has 1 aliphatic heterocycles. The molecule has 0 spiro atoms. The predicted molar refractivity (Wildman–Crippen MR) is 88.6 cm³/mol. The Labute approximate surface area is 138 Å². The summed E-state index contributed by atoms with van der Waals surface area (Å²) in [5, 5.41) is 3.90. The fourth-order valence-corrected chi connectivity index (χ4v) is 5.22. The Morgan fingerprint density at radius 1 is 1.32 bits per heavy atom. The number of aromatic nitrogens is 2. The van der Waals surface area contributed by atoms with Crippen LogP contribution in [0.3, 0.4) is 0 Å². The summed E-state index contributed by atoms with van der Waals surface area (Å²) in [6.45, 7) is 3.21. The van der Waals surface area contributed by atoms with E-state index in [9.17, 15) is 8.42 Å². The molecule has 0 aromatic carbocycles. The lowest BCUT2D eigenvalue weighted by Crippen LogP contribution is -2.27. The number of nitrogens with zero attached hydrogens (tertiary/aromatic N) is 3. The van der Waals surface area contributed by atoms with Gasteiger partial charge in [0.25, 0.3) is 0 Å².